The lowest BCUT2D eigenvalue weighted by Gasteiger charge is -2.23. The molecule has 0 saturated carbocycles. The first-order valence-electron chi connectivity index (χ1n) is 8.51. The molecular formula is C22H22N2O. The van der Waals surface area contributed by atoms with Crippen LogP contribution in [0.3, 0.4) is 0 Å². The summed E-state index contributed by atoms with van der Waals surface area (Å²) in [6.45, 7) is 3.94. The molecule has 3 heteroatoms. The second-order valence-electron chi connectivity index (χ2n) is 5.87. The summed E-state index contributed by atoms with van der Waals surface area (Å²) in [6, 6.07) is 27.7. The van der Waals surface area contributed by atoms with Crippen LogP contribution in [0.4, 0.5) is 11.4 Å². The zero-order valence-electron chi connectivity index (χ0n) is 14.4. The Bertz CT molecular complexity index is 798. The van der Waals surface area contributed by atoms with E-state index in [1.165, 1.54) is 5.56 Å². The van der Waals surface area contributed by atoms with E-state index in [9.17, 15) is 4.79 Å². The minimum absolute atomic E-state index is 0.0926. The predicted molar refractivity (Wildman–Crippen MR) is 104 cm³/mol. The molecule has 0 bridgehead atoms. The van der Waals surface area contributed by atoms with Gasteiger partial charge in [0.25, 0.3) is 5.91 Å². The summed E-state index contributed by atoms with van der Waals surface area (Å²) in [5.41, 5.74) is 3.88. The van der Waals surface area contributed by atoms with E-state index in [2.05, 4.69) is 41.4 Å². The van der Waals surface area contributed by atoms with Gasteiger partial charge in [0, 0.05) is 30.0 Å². The van der Waals surface area contributed by atoms with Crippen LogP contribution in [0.25, 0.3) is 0 Å². The minimum atomic E-state index is -0.0926. The molecule has 0 atom stereocenters. The van der Waals surface area contributed by atoms with E-state index in [0.29, 0.717) is 5.56 Å². The third kappa shape index (κ3) is 4.48. The third-order valence-electron chi connectivity index (χ3n) is 4.12. The van der Waals surface area contributed by atoms with Crippen LogP contribution < -0.4 is 10.2 Å². The molecule has 0 unspecified atom stereocenters. The molecule has 3 rings (SSSR count). The Morgan fingerprint density at radius 3 is 2.04 bits per heavy atom. The van der Waals surface area contributed by atoms with Gasteiger partial charge >= 0.3 is 0 Å². The van der Waals surface area contributed by atoms with Crippen molar-refractivity contribution in [3.63, 3.8) is 0 Å². The fraction of sp³-hybridized carbons (Fsp3) is 0.136. The van der Waals surface area contributed by atoms with Crippen LogP contribution in [0.2, 0.25) is 0 Å². The highest BCUT2D eigenvalue weighted by Gasteiger charge is 2.07. The molecule has 1 N–H and O–H groups in total. The number of anilines is 2. The number of nitrogens with zero attached hydrogens (tertiary/aromatic N) is 1. The van der Waals surface area contributed by atoms with Gasteiger partial charge in [0.15, 0.2) is 0 Å². The average Bonchev–Trinajstić information content (AvgIpc) is 2.68. The van der Waals surface area contributed by atoms with Gasteiger partial charge in [-0.15, -0.1) is 0 Å². The Balaban J connectivity index is 1.67. The van der Waals surface area contributed by atoms with Crippen molar-refractivity contribution >= 4 is 17.3 Å². The van der Waals surface area contributed by atoms with Crippen LogP contribution in [0.1, 0.15) is 22.8 Å². The smallest absolute Gasteiger partial charge is 0.255 e. The number of hydrogen-bond donors (Lipinski definition) is 1. The van der Waals surface area contributed by atoms with E-state index in [4.69, 9.17) is 0 Å². The van der Waals surface area contributed by atoms with Crippen molar-refractivity contribution in [1.29, 1.82) is 0 Å². The highest BCUT2D eigenvalue weighted by atomic mass is 16.1. The Kier molecular flexibility index (Phi) is 5.47. The number of nitrogens with one attached hydrogen (secondary N) is 1. The first kappa shape index (κ1) is 16.8. The van der Waals surface area contributed by atoms with Crippen molar-refractivity contribution in [2.45, 2.75) is 13.5 Å². The van der Waals surface area contributed by atoms with Crippen LogP contribution >= 0.6 is 0 Å². The van der Waals surface area contributed by atoms with Crippen LogP contribution in [-0.4, -0.2) is 12.5 Å². The zero-order valence-corrected chi connectivity index (χ0v) is 14.4. The first-order chi connectivity index (χ1) is 12.3. The number of hydrogen-bond acceptors (Lipinski definition) is 2. The molecular weight excluding hydrogens is 308 g/mol. The van der Waals surface area contributed by atoms with E-state index >= 15 is 0 Å². The molecule has 0 aliphatic heterocycles. The maximum atomic E-state index is 12.2. The van der Waals surface area contributed by atoms with E-state index in [0.717, 1.165) is 24.5 Å². The molecule has 0 spiro atoms. The Hall–Kier alpha value is -3.07. The normalized spacial score (nSPS) is 10.3. The van der Waals surface area contributed by atoms with Gasteiger partial charge in [-0.05, 0) is 48.9 Å². The lowest BCUT2D eigenvalue weighted by molar-refractivity contribution is 0.102. The van der Waals surface area contributed by atoms with Gasteiger partial charge in [-0.3, -0.25) is 4.79 Å². The fourth-order valence-electron chi connectivity index (χ4n) is 2.74. The quantitative estimate of drug-likeness (QED) is 0.692. The Labute approximate surface area is 148 Å². The third-order valence-corrected chi connectivity index (χ3v) is 4.12. The Morgan fingerprint density at radius 2 is 1.44 bits per heavy atom. The largest absolute Gasteiger partial charge is 0.367 e. The molecule has 0 heterocycles. The zero-order chi connectivity index (χ0) is 17.5. The summed E-state index contributed by atoms with van der Waals surface area (Å²) in [5, 5.41) is 2.93. The molecule has 25 heavy (non-hydrogen) atoms. The monoisotopic (exact) mass is 330 g/mol. The molecule has 0 aliphatic rings. The van der Waals surface area contributed by atoms with Crippen molar-refractivity contribution in [3.8, 4) is 0 Å². The van der Waals surface area contributed by atoms with Crippen LogP contribution in [0.15, 0.2) is 84.9 Å². The van der Waals surface area contributed by atoms with Crippen LogP contribution in [0.5, 0.6) is 0 Å². The van der Waals surface area contributed by atoms with Gasteiger partial charge in [0.1, 0.15) is 0 Å². The summed E-state index contributed by atoms with van der Waals surface area (Å²) in [6.07, 6.45) is 0. The summed E-state index contributed by atoms with van der Waals surface area (Å²) >= 11 is 0. The summed E-state index contributed by atoms with van der Waals surface area (Å²) in [7, 11) is 0. The van der Waals surface area contributed by atoms with Gasteiger partial charge in [-0.2, -0.15) is 0 Å². The molecule has 0 fully saturated rings. The molecule has 3 nitrogen and oxygen atoms in total. The van der Waals surface area contributed by atoms with E-state index in [-0.39, 0.29) is 5.91 Å². The van der Waals surface area contributed by atoms with Gasteiger partial charge in [0.05, 0.1) is 0 Å². The maximum Gasteiger partial charge on any atom is 0.255 e. The van der Waals surface area contributed by atoms with E-state index in [1.54, 1.807) is 0 Å². The molecule has 0 radical (unpaired) electrons. The number of carbonyl (C=O) groups is 1. The summed E-state index contributed by atoms with van der Waals surface area (Å²) in [4.78, 5) is 14.5. The number of carbonyl (C=O) groups excluding carboxylic acids is 1. The lowest BCUT2D eigenvalue weighted by atomic mass is 10.2. The molecule has 1 amide bonds. The highest BCUT2D eigenvalue weighted by molar-refractivity contribution is 6.04. The second kappa shape index (κ2) is 8.15. The van der Waals surface area contributed by atoms with Gasteiger partial charge in [-0.25, -0.2) is 0 Å². The van der Waals surface area contributed by atoms with Crippen LogP contribution in [0, 0.1) is 0 Å². The fourth-order valence-corrected chi connectivity index (χ4v) is 2.74. The predicted octanol–water partition coefficient (Wildman–Crippen LogP) is 4.97. The van der Waals surface area contributed by atoms with E-state index in [1.807, 2.05) is 60.7 Å². The number of rotatable bonds is 6. The second-order valence-corrected chi connectivity index (χ2v) is 5.87. The minimum Gasteiger partial charge on any atom is -0.367 e. The Morgan fingerprint density at radius 1 is 0.840 bits per heavy atom. The summed E-state index contributed by atoms with van der Waals surface area (Å²) in [5.74, 6) is -0.0926. The SMILES string of the molecule is CCN(Cc1ccccc1)c1ccc(NC(=O)c2ccccc2)cc1. The number of benzene rings is 3. The average molecular weight is 330 g/mol. The lowest BCUT2D eigenvalue weighted by Crippen LogP contribution is -2.21. The van der Waals surface area contributed by atoms with Gasteiger partial charge in [0.2, 0.25) is 0 Å². The standard InChI is InChI=1S/C22H22N2O/c1-2-24(17-18-9-5-3-6-10-18)21-15-13-20(14-16-21)23-22(25)19-11-7-4-8-12-19/h3-16H,2,17H2,1H3,(H,23,25). The van der Waals surface area contributed by atoms with Gasteiger partial charge in [-0.1, -0.05) is 48.5 Å². The maximum absolute atomic E-state index is 12.2. The molecule has 126 valence electrons. The van der Waals surface area contributed by atoms with Crippen molar-refractivity contribution in [1.82, 2.24) is 0 Å². The number of amides is 1. The van der Waals surface area contributed by atoms with Crippen LogP contribution in [-0.2, 0) is 6.54 Å². The topological polar surface area (TPSA) is 32.3 Å². The van der Waals surface area contributed by atoms with Crippen molar-refractivity contribution in [2.24, 2.45) is 0 Å². The molecule has 0 aromatic heterocycles. The van der Waals surface area contributed by atoms with Gasteiger partial charge < -0.3 is 10.2 Å². The van der Waals surface area contributed by atoms with Crippen molar-refractivity contribution in [2.75, 3.05) is 16.8 Å². The van der Waals surface area contributed by atoms with Crippen molar-refractivity contribution in [3.05, 3.63) is 96.1 Å². The molecule has 0 aliphatic carbocycles. The molecule has 0 saturated heterocycles. The molecule has 3 aromatic carbocycles. The van der Waals surface area contributed by atoms with Crippen molar-refractivity contribution < 1.29 is 4.79 Å². The summed E-state index contributed by atoms with van der Waals surface area (Å²) < 4.78 is 0. The molecule has 3 aromatic rings. The first-order valence-corrected chi connectivity index (χ1v) is 8.51. The highest BCUT2D eigenvalue weighted by Crippen LogP contribution is 2.20. The van der Waals surface area contributed by atoms with E-state index < -0.39 is 0 Å².